The summed E-state index contributed by atoms with van der Waals surface area (Å²) in [5.74, 6) is 0.882. The third-order valence-corrected chi connectivity index (χ3v) is 3.51. The third-order valence-electron chi connectivity index (χ3n) is 3.51. The number of hydrogen-bond donors (Lipinski definition) is 1. The van der Waals surface area contributed by atoms with Gasteiger partial charge in [0, 0.05) is 19.8 Å². The molecule has 2 aliphatic rings. The molecule has 0 aromatic carbocycles. The van der Waals surface area contributed by atoms with Crippen molar-refractivity contribution in [3.8, 4) is 0 Å². The van der Waals surface area contributed by atoms with Gasteiger partial charge in [-0.3, -0.25) is 10.1 Å². The van der Waals surface area contributed by atoms with Crippen LogP contribution in [0.3, 0.4) is 0 Å². The summed E-state index contributed by atoms with van der Waals surface area (Å²) < 4.78 is 5.53. The Morgan fingerprint density at radius 1 is 1.53 bits per heavy atom. The van der Waals surface area contributed by atoms with Gasteiger partial charge in [-0.25, -0.2) is 0 Å². The molecule has 1 saturated heterocycles. The summed E-state index contributed by atoms with van der Waals surface area (Å²) in [6.07, 6.45) is 3.14. The van der Waals surface area contributed by atoms with Crippen LogP contribution in [-0.2, 0) is 9.53 Å². The second kappa shape index (κ2) is 4.94. The standard InChI is InChI=1S/C13H24N2O2/c1-10(2)9-17-8-4-7-15-11(3)14-13(5-6-13)12(15)16/h10-11,14H,4-9H2,1-3H3. The minimum absolute atomic E-state index is 0.168. The van der Waals surface area contributed by atoms with Gasteiger partial charge in [0.1, 0.15) is 0 Å². The first-order valence-electron chi connectivity index (χ1n) is 6.72. The Labute approximate surface area is 104 Å². The number of amides is 1. The van der Waals surface area contributed by atoms with Gasteiger partial charge >= 0.3 is 0 Å². The molecule has 1 spiro atoms. The van der Waals surface area contributed by atoms with Crippen LogP contribution in [0.25, 0.3) is 0 Å². The van der Waals surface area contributed by atoms with Crippen LogP contribution < -0.4 is 5.32 Å². The molecule has 2 rings (SSSR count). The number of ether oxygens (including phenoxy) is 1. The lowest BCUT2D eigenvalue weighted by Crippen LogP contribution is -2.35. The van der Waals surface area contributed by atoms with E-state index in [0.29, 0.717) is 11.8 Å². The fourth-order valence-electron chi connectivity index (χ4n) is 2.42. The maximum atomic E-state index is 12.1. The van der Waals surface area contributed by atoms with Crippen LogP contribution in [-0.4, -0.2) is 42.3 Å². The molecule has 1 heterocycles. The average Bonchev–Trinajstić information content (AvgIpc) is 2.98. The van der Waals surface area contributed by atoms with E-state index in [0.717, 1.165) is 39.0 Å². The fourth-order valence-corrected chi connectivity index (χ4v) is 2.42. The Balaban J connectivity index is 1.67. The van der Waals surface area contributed by atoms with Gasteiger partial charge in [-0.1, -0.05) is 13.8 Å². The summed E-state index contributed by atoms with van der Waals surface area (Å²) in [7, 11) is 0. The molecule has 0 aromatic heterocycles. The summed E-state index contributed by atoms with van der Waals surface area (Å²) in [4.78, 5) is 14.1. The van der Waals surface area contributed by atoms with Crippen LogP contribution in [0.1, 0.15) is 40.0 Å². The van der Waals surface area contributed by atoms with Gasteiger partial charge in [0.05, 0.1) is 11.7 Å². The van der Waals surface area contributed by atoms with E-state index in [1.54, 1.807) is 0 Å². The molecule has 1 N–H and O–H groups in total. The highest BCUT2D eigenvalue weighted by Gasteiger charge is 2.57. The smallest absolute Gasteiger partial charge is 0.244 e. The molecule has 1 saturated carbocycles. The molecule has 17 heavy (non-hydrogen) atoms. The van der Waals surface area contributed by atoms with Gasteiger partial charge in [0.25, 0.3) is 0 Å². The van der Waals surface area contributed by atoms with Gasteiger partial charge in [-0.15, -0.1) is 0 Å². The summed E-state index contributed by atoms with van der Waals surface area (Å²) in [5.41, 5.74) is -0.168. The zero-order chi connectivity index (χ0) is 12.5. The topological polar surface area (TPSA) is 41.6 Å². The van der Waals surface area contributed by atoms with Crippen molar-refractivity contribution in [1.82, 2.24) is 10.2 Å². The number of rotatable bonds is 6. The number of hydrogen-bond acceptors (Lipinski definition) is 3. The average molecular weight is 240 g/mol. The monoisotopic (exact) mass is 240 g/mol. The Hall–Kier alpha value is -0.610. The number of carbonyl (C=O) groups excluding carboxylic acids is 1. The molecule has 1 aliphatic carbocycles. The van der Waals surface area contributed by atoms with Crippen molar-refractivity contribution in [1.29, 1.82) is 0 Å². The third kappa shape index (κ3) is 2.80. The number of nitrogens with zero attached hydrogens (tertiary/aromatic N) is 1. The first-order valence-corrected chi connectivity index (χ1v) is 6.72. The molecule has 1 amide bonds. The van der Waals surface area contributed by atoms with Crippen molar-refractivity contribution >= 4 is 5.91 Å². The molecular weight excluding hydrogens is 216 g/mol. The quantitative estimate of drug-likeness (QED) is 0.713. The Morgan fingerprint density at radius 3 is 2.76 bits per heavy atom. The van der Waals surface area contributed by atoms with E-state index in [-0.39, 0.29) is 11.7 Å². The molecule has 2 fully saturated rings. The largest absolute Gasteiger partial charge is 0.381 e. The predicted octanol–water partition coefficient (Wildman–Crippen LogP) is 1.36. The summed E-state index contributed by atoms with van der Waals surface area (Å²) >= 11 is 0. The van der Waals surface area contributed by atoms with Crippen LogP contribution >= 0.6 is 0 Å². The molecule has 1 unspecified atom stereocenters. The molecular formula is C13H24N2O2. The number of nitrogens with one attached hydrogen (secondary N) is 1. The van der Waals surface area contributed by atoms with Crippen LogP contribution in [0.4, 0.5) is 0 Å². The van der Waals surface area contributed by atoms with Gasteiger partial charge in [0.2, 0.25) is 5.91 Å². The summed E-state index contributed by atoms with van der Waals surface area (Å²) in [5, 5.41) is 3.40. The van der Waals surface area contributed by atoms with E-state index in [1.807, 2.05) is 4.90 Å². The Morgan fingerprint density at radius 2 is 2.24 bits per heavy atom. The second-order valence-corrected chi connectivity index (χ2v) is 5.72. The van der Waals surface area contributed by atoms with E-state index in [4.69, 9.17) is 4.74 Å². The van der Waals surface area contributed by atoms with E-state index in [9.17, 15) is 4.79 Å². The van der Waals surface area contributed by atoms with Crippen molar-refractivity contribution in [2.24, 2.45) is 5.92 Å². The van der Waals surface area contributed by atoms with Crippen LogP contribution in [0.2, 0.25) is 0 Å². The molecule has 0 radical (unpaired) electrons. The summed E-state index contributed by atoms with van der Waals surface area (Å²) in [6.45, 7) is 8.74. The minimum Gasteiger partial charge on any atom is -0.381 e. The lowest BCUT2D eigenvalue weighted by molar-refractivity contribution is -0.130. The van der Waals surface area contributed by atoms with Crippen molar-refractivity contribution in [2.45, 2.75) is 51.7 Å². The molecule has 98 valence electrons. The predicted molar refractivity (Wildman–Crippen MR) is 66.5 cm³/mol. The highest BCUT2D eigenvalue weighted by Crippen LogP contribution is 2.41. The first kappa shape index (κ1) is 12.8. The van der Waals surface area contributed by atoms with E-state index in [2.05, 4.69) is 26.1 Å². The first-order chi connectivity index (χ1) is 8.05. The number of carbonyl (C=O) groups is 1. The van der Waals surface area contributed by atoms with E-state index >= 15 is 0 Å². The maximum Gasteiger partial charge on any atom is 0.244 e. The lowest BCUT2D eigenvalue weighted by atomic mass is 10.2. The highest BCUT2D eigenvalue weighted by atomic mass is 16.5. The fraction of sp³-hybridized carbons (Fsp3) is 0.923. The van der Waals surface area contributed by atoms with Crippen molar-refractivity contribution in [3.05, 3.63) is 0 Å². The molecule has 4 heteroatoms. The van der Waals surface area contributed by atoms with Crippen LogP contribution in [0.15, 0.2) is 0 Å². The zero-order valence-electron chi connectivity index (χ0n) is 11.2. The maximum absolute atomic E-state index is 12.1. The Bertz CT molecular complexity index is 287. The highest BCUT2D eigenvalue weighted by molar-refractivity contribution is 5.91. The van der Waals surface area contributed by atoms with Crippen LogP contribution in [0.5, 0.6) is 0 Å². The van der Waals surface area contributed by atoms with Crippen LogP contribution in [0, 0.1) is 5.92 Å². The molecule has 4 nitrogen and oxygen atoms in total. The SMILES string of the molecule is CC(C)COCCCN1C(=O)C2(CC2)NC1C. The molecule has 0 bridgehead atoms. The van der Waals surface area contributed by atoms with Crippen molar-refractivity contribution < 1.29 is 9.53 Å². The van der Waals surface area contributed by atoms with Gasteiger partial charge in [-0.2, -0.15) is 0 Å². The van der Waals surface area contributed by atoms with Crippen molar-refractivity contribution in [2.75, 3.05) is 19.8 Å². The molecule has 0 aromatic rings. The van der Waals surface area contributed by atoms with Gasteiger partial charge < -0.3 is 9.64 Å². The van der Waals surface area contributed by atoms with Crippen molar-refractivity contribution in [3.63, 3.8) is 0 Å². The zero-order valence-corrected chi connectivity index (χ0v) is 11.2. The van der Waals surface area contributed by atoms with Gasteiger partial charge in [0.15, 0.2) is 0 Å². The summed E-state index contributed by atoms with van der Waals surface area (Å²) in [6, 6.07) is 0. The second-order valence-electron chi connectivity index (χ2n) is 5.72. The minimum atomic E-state index is -0.168. The van der Waals surface area contributed by atoms with E-state index < -0.39 is 0 Å². The molecule has 1 aliphatic heterocycles. The normalized spacial score (nSPS) is 26.2. The van der Waals surface area contributed by atoms with E-state index in [1.165, 1.54) is 0 Å². The Kier molecular flexibility index (Phi) is 3.73. The molecule has 1 atom stereocenters. The van der Waals surface area contributed by atoms with Gasteiger partial charge in [-0.05, 0) is 32.1 Å². The lowest BCUT2D eigenvalue weighted by Gasteiger charge is -2.20.